The van der Waals surface area contributed by atoms with Crippen molar-refractivity contribution in [3.63, 3.8) is 0 Å². The minimum atomic E-state index is -0.410. The fourth-order valence-corrected chi connectivity index (χ4v) is 2.13. The van der Waals surface area contributed by atoms with E-state index in [4.69, 9.17) is 4.52 Å². The third kappa shape index (κ3) is 2.23. The Hall–Kier alpha value is -1.85. The fraction of sp³-hybridized carbons (Fsp3) is 0.583. The van der Waals surface area contributed by atoms with E-state index in [-0.39, 0.29) is 18.2 Å². The number of aromatic nitrogens is 1. The van der Waals surface area contributed by atoms with Gasteiger partial charge in [0, 0.05) is 18.7 Å². The number of carbonyl (C=O) groups excluding carboxylic acids is 2. The Morgan fingerprint density at radius 2 is 2.28 bits per heavy atom. The fourth-order valence-electron chi connectivity index (χ4n) is 2.13. The highest BCUT2D eigenvalue weighted by atomic mass is 16.5. The maximum absolute atomic E-state index is 12.2. The molecule has 0 saturated carbocycles. The van der Waals surface area contributed by atoms with Gasteiger partial charge >= 0.3 is 0 Å². The quantitative estimate of drug-likeness (QED) is 0.813. The molecule has 0 radical (unpaired) electrons. The van der Waals surface area contributed by atoms with Crippen molar-refractivity contribution >= 4 is 11.8 Å². The van der Waals surface area contributed by atoms with Crippen LogP contribution < -0.4 is 5.32 Å². The number of rotatable bonds is 2. The zero-order chi connectivity index (χ0) is 13.3. The Bertz CT molecular complexity index is 461. The molecule has 98 valence electrons. The predicted molar refractivity (Wildman–Crippen MR) is 63.9 cm³/mol. The number of hydrogen-bond donors (Lipinski definition) is 1. The van der Waals surface area contributed by atoms with Gasteiger partial charge in [-0.1, -0.05) is 5.16 Å². The number of amides is 2. The number of aryl methyl sites for hydroxylation is 2. The first-order valence-electron chi connectivity index (χ1n) is 5.99. The van der Waals surface area contributed by atoms with Crippen LogP contribution in [0.3, 0.4) is 0 Å². The summed E-state index contributed by atoms with van der Waals surface area (Å²) in [7, 11) is 0. The van der Waals surface area contributed by atoms with Crippen molar-refractivity contribution in [3.8, 4) is 0 Å². The van der Waals surface area contributed by atoms with Gasteiger partial charge in [0.05, 0.1) is 12.1 Å². The molecule has 0 aliphatic carbocycles. The van der Waals surface area contributed by atoms with Gasteiger partial charge in [0.2, 0.25) is 11.8 Å². The zero-order valence-corrected chi connectivity index (χ0v) is 10.8. The van der Waals surface area contributed by atoms with Crippen molar-refractivity contribution < 1.29 is 14.1 Å². The van der Waals surface area contributed by atoms with Gasteiger partial charge < -0.3 is 14.7 Å². The second-order valence-corrected chi connectivity index (χ2v) is 4.53. The van der Waals surface area contributed by atoms with Gasteiger partial charge in [-0.15, -0.1) is 0 Å². The molecule has 1 aromatic rings. The predicted octanol–water partition coefficient (Wildman–Crippen LogP) is 0.181. The minimum absolute atomic E-state index is 0.0632. The SMILES string of the molecule is Cc1noc(C)c1CC(=O)N1CCNC(=O)C1C. The monoisotopic (exact) mass is 251 g/mol. The molecule has 1 aromatic heterocycles. The summed E-state index contributed by atoms with van der Waals surface area (Å²) in [5.41, 5.74) is 1.55. The van der Waals surface area contributed by atoms with E-state index in [9.17, 15) is 9.59 Å². The Morgan fingerprint density at radius 1 is 1.56 bits per heavy atom. The van der Waals surface area contributed by atoms with Crippen LogP contribution in [0, 0.1) is 13.8 Å². The van der Waals surface area contributed by atoms with Gasteiger partial charge in [-0.25, -0.2) is 0 Å². The number of nitrogens with zero attached hydrogens (tertiary/aromatic N) is 2. The number of hydrogen-bond acceptors (Lipinski definition) is 4. The van der Waals surface area contributed by atoms with Crippen molar-refractivity contribution in [3.05, 3.63) is 17.0 Å². The van der Waals surface area contributed by atoms with Crippen LogP contribution in [0.2, 0.25) is 0 Å². The van der Waals surface area contributed by atoms with Crippen LogP contribution in [0.4, 0.5) is 0 Å². The van der Waals surface area contributed by atoms with E-state index >= 15 is 0 Å². The van der Waals surface area contributed by atoms with Crippen molar-refractivity contribution in [1.29, 1.82) is 0 Å². The smallest absolute Gasteiger partial charge is 0.242 e. The Balaban J connectivity index is 2.10. The first kappa shape index (κ1) is 12.6. The minimum Gasteiger partial charge on any atom is -0.361 e. The van der Waals surface area contributed by atoms with E-state index in [1.165, 1.54) is 0 Å². The first-order valence-corrected chi connectivity index (χ1v) is 5.99. The summed E-state index contributed by atoms with van der Waals surface area (Å²) in [6, 6.07) is -0.410. The molecule has 0 spiro atoms. The van der Waals surface area contributed by atoms with Crippen molar-refractivity contribution in [2.45, 2.75) is 33.2 Å². The van der Waals surface area contributed by atoms with E-state index in [1.54, 1.807) is 18.7 Å². The number of nitrogens with one attached hydrogen (secondary N) is 1. The Labute approximate surface area is 105 Å². The molecule has 18 heavy (non-hydrogen) atoms. The molecular weight excluding hydrogens is 234 g/mol. The summed E-state index contributed by atoms with van der Waals surface area (Å²) < 4.78 is 5.03. The average molecular weight is 251 g/mol. The van der Waals surface area contributed by atoms with Crippen LogP contribution in [0.5, 0.6) is 0 Å². The summed E-state index contributed by atoms with van der Waals surface area (Å²) in [6.45, 7) is 6.39. The first-order chi connectivity index (χ1) is 8.50. The van der Waals surface area contributed by atoms with E-state index in [0.29, 0.717) is 18.8 Å². The highest BCUT2D eigenvalue weighted by Crippen LogP contribution is 2.15. The normalized spacial score (nSPS) is 19.8. The van der Waals surface area contributed by atoms with Gasteiger partial charge in [0.1, 0.15) is 11.8 Å². The molecule has 2 rings (SSSR count). The summed E-state index contributed by atoms with van der Waals surface area (Å²) in [6.07, 6.45) is 0.235. The van der Waals surface area contributed by atoms with Gasteiger partial charge in [-0.3, -0.25) is 9.59 Å². The maximum Gasteiger partial charge on any atom is 0.242 e. The summed E-state index contributed by atoms with van der Waals surface area (Å²) in [5.74, 6) is 0.495. The number of carbonyl (C=O) groups is 2. The lowest BCUT2D eigenvalue weighted by Crippen LogP contribution is -2.56. The molecule has 0 bridgehead atoms. The third-order valence-electron chi connectivity index (χ3n) is 3.33. The molecule has 1 aliphatic rings. The zero-order valence-electron chi connectivity index (χ0n) is 10.8. The molecule has 6 heteroatoms. The van der Waals surface area contributed by atoms with E-state index < -0.39 is 6.04 Å². The molecule has 1 fully saturated rings. The van der Waals surface area contributed by atoms with Crippen molar-refractivity contribution in [2.75, 3.05) is 13.1 Å². The Kier molecular flexibility index (Phi) is 3.36. The van der Waals surface area contributed by atoms with Crippen LogP contribution in [0.25, 0.3) is 0 Å². The van der Waals surface area contributed by atoms with Crippen LogP contribution in [-0.4, -0.2) is 41.0 Å². The molecule has 6 nitrogen and oxygen atoms in total. The Morgan fingerprint density at radius 3 is 2.89 bits per heavy atom. The maximum atomic E-state index is 12.2. The summed E-state index contributed by atoms with van der Waals surface area (Å²) in [4.78, 5) is 25.3. The van der Waals surface area contributed by atoms with Crippen LogP contribution >= 0.6 is 0 Å². The lowest BCUT2D eigenvalue weighted by molar-refractivity contribution is -0.142. The second-order valence-electron chi connectivity index (χ2n) is 4.53. The highest BCUT2D eigenvalue weighted by molar-refractivity contribution is 5.89. The van der Waals surface area contributed by atoms with Crippen LogP contribution in [0.15, 0.2) is 4.52 Å². The highest BCUT2D eigenvalue weighted by Gasteiger charge is 2.29. The molecule has 1 atom stereocenters. The number of piperazine rings is 1. The average Bonchev–Trinajstić information content (AvgIpc) is 2.64. The van der Waals surface area contributed by atoms with Gasteiger partial charge in [-0.2, -0.15) is 0 Å². The molecule has 1 saturated heterocycles. The topological polar surface area (TPSA) is 75.4 Å². The summed E-state index contributed by atoms with van der Waals surface area (Å²) in [5, 5.41) is 6.56. The molecule has 1 aliphatic heterocycles. The molecule has 2 heterocycles. The summed E-state index contributed by atoms with van der Waals surface area (Å²) >= 11 is 0. The van der Waals surface area contributed by atoms with Crippen molar-refractivity contribution in [1.82, 2.24) is 15.4 Å². The molecule has 1 N–H and O–H groups in total. The third-order valence-corrected chi connectivity index (χ3v) is 3.33. The van der Waals surface area contributed by atoms with Crippen molar-refractivity contribution in [2.24, 2.45) is 0 Å². The van der Waals surface area contributed by atoms with E-state index in [1.807, 2.05) is 6.92 Å². The van der Waals surface area contributed by atoms with Gasteiger partial charge in [0.15, 0.2) is 0 Å². The lowest BCUT2D eigenvalue weighted by atomic mass is 10.1. The molecule has 0 aromatic carbocycles. The van der Waals surface area contributed by atoms with Crippen LogP contribution in [0.1, 0.15) is 23.9 Å². The van der Waals surface area contributed by atoms with Gasteiger partial charge in [0.25, 0.3) is 0 Å². The largest absolute Gasteiger partial charge is 0.361 e. The van der Waals surface area contributed by atoms with E-state index in [2.05, 4.69) is 10.5 Å². The second kappa shape index (κ2) is 4.80. The van der Waals surface area contributed by atoms with Gasteiger partial charge in [-0.05, 0) is 20.8 Å². The van der Waals surface area contributed by atoms with Crippen LogP contribution in [-0.2, 0) is 16.0 Å². The molecule has 2 amide bonds. The lowest BCUT2D eigenvalue weighted by Gasteiger charge is -2.32. The molecular formula is C12H17N3O3. The standard InChI is InChI=1S/C12H17N3O3/c1-7-10(9(3)18-14-7)6-11(16)15-5-4-13-12(17)8(15)2/h8H,4-6H2,1-3H3,(H,13,17). The van der Waals surface area contributed by atoms with E-state index in [0.717, 1.165) is 11.3 Å². The molecule has 1 unspecified atom stereocenters.